The van der Waals surface area contributed by atoms with Crippen LogP contribution in [0.25, 0.3) is 16.6 Å². The highest BCUT2D eigenvalue weighted by Gasteiger charge is 2.09. The van der Waals surface area contributed by atoms with Gasteiger partial charge in [-0.05, 0) is 53.1 Å². The van der Waals surface area contributed by atoms with Crippen LogP contribution in [0.3, 0.4) is 0 Å². The molecule has 25 heavy (non-hydrogen) atoms. The van der Waals surface area contributed by atoms with Gasteiger partial charge in [-0.3, -0.25) is 4.98 Å². The van der Waals surface area contributed by atoms with Gasteiger partial charge in [0.2, 0.25) is 0 Å². The first-order valence-corrected chi connectivity index (χ1v) is 8.39. The Balaban J connectivity index is 1.86. The normalized spacial score (nSPS) is 15.7. The molecule has 0 saturated carbocycles. The summed E-state index contributed by atoms with van der Waals surface area (Å²) in [4.78, 5) is 9.13. The smallest absolute Gasteiger partial charge is 0.132 e. The van der Waals surface area contributed by atoms with Crippen molar-refractivity contribution in [3.63, 3.8) is 0 Å². The largest absolute Gasteiger partial charge is 0.404 e. The van der Waals surface area contributed by atoms with Crippen LogP contribution in [0, 0.1) is 5.92 Å². The summed E-state index contributed by atoms with van der Waals surface area (Å²) in [7, 11) is 0. The molecule has 1 aliphatic rings. The predicted molar refractivity (Wildman–Crippen MR) is 103 cm³/mol. The lowest BCUT2D eigenvalue weighted by molar-refractivity contribution is 0.786. The van der Waals surface area contributed by atoms with E-state index in [0.29, 0.717) is 17.6 Å². The summed E-state index contributed by atoms with van der Waals surface area (Å²) < 4.78 is 0. The lowest BCUT2D eigenvalue weighted by atomic mass is 10.0. The van der Waals surface area contributed by atoms with Gasteiger partial charge in [-0.15, -0.1) is 0 Å². The molecule has 0 amide bonds. The molecule has 0 unspecified atom stereocenters. The Morgan fingerprint density at radius 3 is 2.84 bits per heavy atom. The van der Waals surface area contributed by atoms with Crippen LogP contribution in [0.1, 0.15) is 19.4 Å². The van der Waals surface area contributed by atoms with Gasteiger partial charge >= 0.3 is 0 Å². The van der Waals surface area contributed by atoms with Crippen molar-refractivity contribution in [1.82, 2.24) is 15.3 Å². The molecule has 0 bridgehead atoms. The standard InChI is InChI=1S/C19H24N6/c1-12(2)14(9-20)8-18(21)25-19-4-3-16-17(24-19)7-15(11-23-16)13-5-6-22-10-13/h3-5,7-9,11-12,22H,6,10,20-21H2,1-2H3,(H,24,25)/b14-9+,18-8+. The minimum atomic E-state index is 0.301. The molecule has 0 aromatic carbocycles. The summed E-state index contributed by atoms with van der Waals surface area (Å²) in [5.74, 6) is 1.48. The number of allylic oxidation sites excluding steroid dienone is 2. The second kappa shape index (κ2) is 7.36. The van der Waals surface area contributed by atoms with Crippen molar-refractivity contribution in [1.29, 1.82) is 0 Å². The Bertz CT molecular complexity index is 863. The number of pyridine rings is 2. The summed E-state index contributed by atoms with van der Waals surface area (Å²) in [5.41, 5.74) is 16.7. The first-order chi connectivity index (χ1) is 12.1. The third kappa shape index (κ3) is 3.97. The molecule has 3 rings (SSSR count). The van der Waals surface area contributed by atoms with Crippen LogP contribution in [0.15, 0.2) is 54.1 Å². The molecule has 2 aromatic heterocycles. The van der Waals surface area contributed by atoms with Gasteiger partial charge in [0, 0.05) is 19.3 Å². The zero-order valence-electron chi connectivity index (χ0n) is 14.6. The molecule has 3 heterocycles. The van der Waals surface area contributed by atoms with E-state index in [1.54, 1.807) is 6.20 Å². The average Bonchev–Trinajstić information content (AvgIpc) is 3.13. The molecule has 0 spiro atoms. The quantitative estimate of drug-likeness (QED) is 0.625. The Kier molecular flexibility index (Phi) is 5.00. The Labute approximate surface area is 147 Å². The fourth-order valence-electron chi connectivity index (χ4n) is 2.72. The van der Waals surface area contributed by atoms with Gasteiger partial charge in [-0.1, -0.05) is 19.9 Å². The number of nitrogens with zero attached hydrogens (tertiary/aromatic N) is 2. The molecule has 0 radical (unpaired) electrons. The van der Waals surface area contributed by atoms with Crippen LogP contribution in [0.5, 0.6) is 0 Å². The molecule has 0 saturated heterocycles. The van der Waals surface area contributed by atoms with Crippen molar-refractivity contribution in [3.05, 3.63) is 59.7 Å². The van der Waals surface area contributed by atoms with E-state index in [4.69, 9.17) is 11.5 Å². The van der Waals surface area contributed by atoms with Gasteiger partial charge in [-0.2, -0.15) is 0 Å². The minimum Gasteiger partial charge on any atom is -0.404 e. The highest BCUT2D eigenvalue weighted by Crippen LogP contribution is 2.21. The van der Waals surface area contributed by atoms with Crippen LogP contribution in [-0.2, 0) is 0 Å². The summed E-state index contributed by atoms with van der Waals surface area (Å²) in [6.07, 6.45) is 7.48. The lowest BCUT2D eigenvalue weighted by Gasteiger charge is -2.10. The van der Waals surface area contributed by atoms with Crippen molar-refractivity contribution in [3.8, 4) is 0 Å². The molecule has 0 fully saturated rings. The van der Waals surface area contributed by atoms with Gasteiger partial charge < -0.3 is 22.1 Å². The fourth-order valence-corrected chi connectivity index (χ4v) is 2.72. The molecule has 6 nitrogen and oxygen atoms in total. The van der Waals surface area contributed by atoms with Crippen molar-refractivity contribution in [2.75, 3.05) is 18.4 Å². The zero-order chi connectivity index (χ0) is 17.8. The number of nitrogens with one attached hydrogen (secondary N) is 2. The SMILES string of the molecule is CC(C)C(=C/N)/C=C(\N)Nc1ccc2ncc(C3=CCNC3)cc2n1. The molecule has 6 N–H and O–H groups in total. The number of rotatable bonds is 5. The highest BCUT2D eigenvalue weighted by molar-refractivity contribution is 5.81. The molecule has 130 valence electrons. The van der Waals surface area contributed by atoms with Crippen LogP contribution in [0.4, 0.5) is 5.82 Å². The van der Waals surface area contributed by atoms with Gasteiger partial charge in [0.15, 0.2) is 0 Å². The molecular weight excluding hydrogens is 312 g/mol. The lowest BCUT2D eigenvalue weighted by Crippen LogP contribution is -2.12. The average molecular weight is 336 g/mol. The third-order valence-corrected chi connectivity index (χ3v) is 4.17. The summed E-state index contributed by atoms with van der Waals surface area (Å²) in [6, 6.07) is 5.87. The summed E-state index contributed by atoms with van der Waals surface area (Å²) in [5, 5.41) is 6.42. The maximum Gasteiger partial charge on any atom is 0.132 e. The molecule has 0 atom stereocenters. The van der Waals surface area contributed by atoms with E-state index in [1.807, 2.05) is 24.4 Å². The zero-order valence-corrected chi connectivity index (χ0v) is 14.6. The Morgan fingerprint density at radius 2 is 2.16 bits per heavy atom. The highest BCUT2D eigenvalue weighted by atomic mass is 15.1. The minimum absolute atomic E-state index is 0.301. The number of aromatic nitrogens is 2. The first-order valence-electron chi connectivity index (χ1n) is 8.39. The van der Waals surface area contributed by atoms with Gasteiger partial charge in [-0.25, -0.2) is 4.98 Å². The van der Waals surface area contributed by atoms with Crippen molar-refractivity contribution >= 4 is 22.4 Å². The molecule has 2 aromatic rings. The molecule has 0 aliphatic carbocycles. The Hall–Kier alpha value is -2.86. The van der Waals surface area contributed by atoms with Crippen LogP contribution < -0.4 is 22.1 Å². The topological polar surface area (TPSA) is 102 Å². The summed E-state index contributed by atoms with van der Waals surface area (Å²) >= 11 is 0. The monoisotopic (exact) mass is 336 g/mol. The maximum atomic E-state index is 6.07. The maximum absolute atomic E-state index is 6.07. The van der Waals surface area contributed by atoms with E-state index in [9.17, 15) is 0 Å². The molecule has 1 aliphatic heterocycles. The molecular formula is C19H24N6. The van der Waals surface area contributed by atoms with Crippen molar-refractivity contribution in [2.24, 2.45) is 17.4 Å². The van der Waals surface area contributed by atoms with Gasteiger partial charge in [0.05, 0.1) is 11.0 Å². The second-order valence-electron chi connectivity index (χ2n) is 6.37. The van der Waals surface area contributed by atoms with Gasteiger partial charge in [0.25, 0.3) is 0 Å². The number of hydrogen-bond acceptors (Lipinski definition) is 6. The number of fused-ring (bicyclic) bond motifs is 1. The third-order valence-electron chi connectivity index (χ3n) is 4.17. The number of hydrogen-bond donors (Lipinski definition) is 4. The van der Waals surface area contributed by atoms with E-state index in [0.717, 1.165) is 35.3 Å². The van der Waals surface area contributed by atoms with Crippen molar-refractivity contribution in [2.45, 2.75) is 13.8 Å². The van der Waals surface area contributed by atoms with E-state index >= 15 is 0 Å². The van der Waals surface area contributed by atoms with Crippen molar-refractivity contribution < 1.29 is 0 Å². The van der Waals surface area contributed by atoms with E-state index in [-0.39, 0.29) is 0 Å². The first kappa shape index (κ1) is 17.0. The predicted octanol–water partition coefficient (Wildman–Crippen LogP) is 2.33. The second-order valence-corrected chi connectivity index (χ2v) is 6.37. The van der Waals surface area contributed by atoms with Crippen LogP contribution in [0.2, 0.25) is 0 Å². The van der Waals surface area contributed by atoms with E-state index in [1.165, 1.54) is 5.57 Å². The van der Waals surface area contributed by atoms with E-state index in [2.05, 4.69) is 46.6 Å². The number of nitrogens with two attached hydrogens (primary N) is 2. The number of anilines is 1. The Morgan fingerprint density at radius 1 is 1.32 bits per heavy atom. The van der Waals surface area contributed by atoms with Crippen LogP contribution in [-0.4, -0.2) is 23.1 Å². The van der Waals surface area contributed by atoms with Crippen LogP contribution >= 0.6 is 0 Å². The fraction of sp³-hybridized carbons (Fsp3) is 0.263. The molecule has 6 heteroatoms. The van der Waals surface area contributed by atoms with Gasteiger partial charge in [0.1, 0.15) is 11.6 Å². The van der Waals surface area contributed by atoms with E-state index < -0.39 is 0 Å². The summed E-state index contributed by atoms with van der Waals surface area (Å²) in [6.45, 7) is 5.90.